The van der Waals surface area contributed by atoms with E-state index in [4.69, 9.17) is 0 Å². The third-order valence-corrected chi connectivity index (χ3v) is 5.29. The van der Waals surface area contributed by atoms with Crippen molar-refractivity contribution in [3.8, 4) is 0 Å². The van der Waals surface area contributed by atoms with Crippen LogP contribution < -0.4 is 5.32 Å². The van der Waals surface area contributed by atoms with Gasteiger partial charge in [0.15, 0.2) is 0 Å². The molecule has 0 aliphatic carbocycles. The monoisotopic (exact) mass is 418 g/mol. The minimum atomic E-state index is -0.759. The molecule has 0 aromatic heterocycles. The van der Waals surface area contributed by atoms with Crippen LogP contribution in [0.5, 0.6) is 0 Å². The van der Waals surface area contributed by atoms with E-state index < -0.39 is 11.9 Å². The highest BCUT2D eigenvalue weighted by atomic mass is 19.1. The summed E-state index contributed by atoms with van der Waals surface area (Å²) in [6.45, 7) is 2.00. The van der Waals surface area contributed by atoms with Gasteiger partial charge in [-0.15, -0.1) is 0 Å². The number of carbonyl (C=O) groups is 2. The highest BCUT2D eigenvalue weighted by molar-refractivity contribution is 5.88. The predicted octanol–water partition coefficient (Wildman–Crippen LogP) is 4.06. The Balaban J connectivity index is 1.94. The third kappa shape index (κ3) is 6.01. The van der Waals surface area contributed by atoms with E-state index in [0.717, 1.165) is 16.7 Å². The average molecular weight is 419 g/mol. The van der Waals surface area contributed by atoms with Crippen molar-refractivity contribution < 1.29 is 14.0 Å². The van der Waals surface area contributed by atoms with Gasteiger partial charge in [0.05, 0.1) is 6.42 Å². The number of benzene rings is 3. The van der Waals surface area contributed by atoms with Crippen LogP contribution in [0.3, 0.4) is 0 Å². The average Bonchev–Trinajstić information content (AvgIpc) is 2.79. The summed E-state index contributed by atoms with van der Waals surface area (Å²) >= 11 is 0. The highest BCUT2D eigenvalue weighted by Crippen LogP contribution is 2.18. The van der Waals surface area contributed by atoms with Crippen molar-refractivity contribution in [2.75, 3.05) is 7.05 Å². The first kappa shape index (κ1) is 22.2. The molecular weight excluding hydrogens is 391 g/mol. The smallest absolute Gasteiger partial charge is 0.242 e. The molecule has 0 saturated carbocycles. The Morgan fingerprint density at radius 3 is 2.19 bits per heavy atom. The summed E-state index contributed by atoms with van der Waals surface area (Å²) < 4.78 is 14.4. The molecule has 0 bridgehead atoms. The van der Waals surface area contributed by atoms with Crippen molar-refractivity contribution in [1.29, 1.82) is 0 Å². The Hall–Kier alpha value is -3.47. The van der Waals surface area contributed by atoms with Gasteiger partial charge in [0.1, 0.15) is 11.9 Å². The Morgan fingerprint density at radius 1 is 0.903 bits per heavy atom. The summed E-state index contributed by atoms with van der Waals surface area (Å²) in [6.07, 6.45) is 0.478. The van der Waals surface area contributed by atoms with Gasteiger partial charge in [-0.05, 0) is 24.1 Å². The van der Waals surface area contributed by atoms with E-state index in [1.165, 1.54) is 11.0 Å². The zero-order valence-corrected chi connectivity index (χ0v) is 17.8. The number of amides is 2. The Labute approximate surface area is 182 Å². The van der Waals surface area contributed by atoms with Gasteiger partial charge >= 0.3 is 0 Å². The summed E-state index contributed by atoms with van der Waals surface area (Å²) in [5.74, 6) is -0.903. The molecule has 3 aromatic rings. The molecule has 0 aliphatic heterocycles. The van der Waals surface area contributed by atoms with E-state index in [1.807, 2.05) is 61.5 Å². The maximum absolute atomic E-state index is 14.4. The van der Waals surface area contributed by atoms with Gasteiger partial charge < -0.3 is 10.2 Å². The molecule has 1 atom stereocenters. The fourth-order valence-electron chi connectivity index (χ4n) is 3.51. The van der Waals surface area contributed by atoms with Gasteiger partial charge in [0.2, 0.25) is 11.8 Å². The Morgan fingerprint density at radius 2 is 1.55 bits per heavy atom. The zero-order valence-electron chi connectivity index (χ0n) is 17.8. The van der Waals surface area contributed by atoms with Crippen molar-refractivity contribution in [2.45, 2.75) is 32.4 Å². The van der Waals surface area contributed by atoms with E-state index in [1.54, 1.807) is 25.2 Å². The molecule has 0 heterocycles. The molecule has 0 aliphatic rings. The fourth-order valence-corrected chi connectivity index (χ4v) is 3.51. The lowest BCUT2D eigenvalue weighted by Gasteiger charge is -2.31. The maximum Gasteiger partial charge on any atom is 0.242 e. The summed E-state index contributed by atoms with van der Waals surface area (Å²) in [7, 11) is 1.55. The summed E-state index contributed by atoms with van der Waals surface area (Å²) in [5.41, 5.74) is 3.26. The first-order chi connectivity index (χ1) is 15.0. The molecular formula is C26H27FN2O2. The first-order valence-corrected chi connectivity index (χ1v) is 10.3. The quantitative estimate of drug-likeness (QED) is 0.600. The number of aryl methyl sites for hydroxylation is 1. The molecule has 3 rings (SSSR count). The van der Waals surface area contributed by atoms with Gasteiger partial charge in [-0.3, -0.25) is 9.59 Å². The summed E-state index contributed by atoms with van der Waals surface area (Å²) in [6, 6.07) is 22.8. The lowest BCUT2D eigenvalue weighted by Crippen LogP contribution is -2.50. The number of hydrogen-bond acceptors (Lipinski definition) is 2. The van der Waals surface area contributed by atoms with Crippen LogP contribution in [0.1, 0.15) is 22.3 Å². The van der Waals surface area contributed by atoms with E-state index in [2.05, 4.69) is 5.32 Å². The van der Waals surface area contributed by atoms with E-state index in [9.17, 15) is 14.0 Å². The Bertz CT molecular complexity index is 1020. The molecule has 4 nitrogen and oxygen atoms in total. The van der Waals surface area contributed by atoms with E-state index in [-0.39, 0.29) is 24.8 Å². The highest BCUT2D eigenvalue weighted by Gasteiger charge is 2.30. The van der Waals surface area contributed by atoms with Gasteiger partial charge in [-0.25, -0.2) is 4.39 Å². The second kappa shape index (κ2) is 10.5. The van der Waals surface area contributed by atoms with Crippen LogP contribution >= 0.6 is 0 Å². The van der Waals surface area contributed by atoms with Crippen LogP contribution in [0.25, 0.3) is 0 Å². The lowest BCUT2D eigenvalue weighted by molar-refractivity contribution is -0.140. The zero-order chi connectivity index (χ0) is 22.2. The molecule has 0 radical (unpaired) electrons. The van der Waals surface area contributed by atoms with Crippen LogP contribution in [-0.4, -0.2) is 29.8 Å². The number of nitrogens with zero attached hydrogens (tertiary/aromatic N) is 1. The molecule has 0 unspecified atom stereocenters. The van der Waals surface area contributed by atoms with Crippen LogP contribution in [0.2, 0.25) is 0 Å². The van der Waals surface area contributed by atoms with Crippen molar-refractivity contribution in [3.63, 3.8) is 0 Å². The van der Waals surface area contributed by atoms with Crippen LogP contribution in [-0.2, 0) is 29.0 Å². The van der Waals surface area contributed by atoms with Gasteiger partial charge in [0.25, 0.3) is 0 Å². The van der Waals surface area contributed by atoms with Crippen LogP contribution in [0.15, 0.2) is 78.9 Å². The van der Waals surface area contributed by atoms with Crippen molar-refractivity contribution >= 4 is 11.8 Å². The Kier molecular flexibility index (Phi) is 7.55. The van der Waals surface area contributed by atoms with Crippen LogP contribution in [0, 0.1) is 12.7 Å². The topological polar surface area (TPSA) is 49.4 Å². The van der Waals surface area contributed by atoms with Gasteiger partial charge in [-0.1, -0.05) is 78.4 Å². The normalized spacial score (nSPS) is 11.6. The molecule has 160 valence electrons. The fraction of sp³-hybridized carbons (Fsp3) is 0.231. The first-order valence-electron chi connectivity index (χ1n) is 10.3. The van der Waals surface area contributed by atoms with Crippen LogP contribution in [0.4, 0.5) is 4.39 Å². The third-order valence-electron chi connectivity index (χ3n) is 5.29. The lowest BCUT2D eigenvalue weighted by atomic mass is 10.0. The molecule has 0 spiro atoms. The van der Waals surface area contributed by atoms with Gasteiger partial charge in [-0.2, -0.15) is 0 Å². The molecule has 2 amide bonds. The second-order valence-corrected chi connectivity index (χ2v) is 7.60. The minimum absolute atomic E-state index is 0.0162. The molecule has 5 heteroatoms. The molecule has 0 saturated heterocycles. The number of halogens is 1. The van der Waals surface area contributed by atoms with Gasteiger partial charge in [0, 0.05) is 25.6 Å². The largest absolute Gasteiger partial charge is 0.357 e. The molecule has 1 N–H and O–H groups in total. The number of rotatable bonds is 8. The van der Waals surface area contributed by atoms with Crippen molar-refractivity contribution in [3.05, 3.63) is 107 Å². The summed E-state index contributed by atoms with van der Waals surface area (Å²) in [4.78, 5) is 27.7. The van der Waals surface area contributed by atoms with E-state index >= 15 is 0 Å². The number of hydrogen-bond donors (Lipinski definition) is 1. The SMILES string of the molecule is CNC(=O)[C@@H](Cc1ccccc1)N(Cc1ccccc1F)C(=O)Cc1ccc(C)cc1. The van der Waals surface area contributed by atoms with Crippen molar-refractivity contribution in [1.82, 2.24) is 10.2 Å². The maximum atomic E-state index is 14.4. The number of likely N-dealkylation sites (N-methyl/N-ethyl adjacent to an activating group) is 1. The molecule has 3 aromatic carbocycles. The predicted molar refractivity (Wildman–Crippen MR) is 120 cm³/mol. The minimum Gasteiger partial charge on any atom is -0.357 e. The van der Waals surface area contributed by atoms with Crippen molar-refractivity contribution in [2.24, 2.45) is 0 Å². The standard InChI is InChI=1S/C26H27FN2O2/c1-19-12-14-21(15-13-19)17-25(30)29(18-22-10-6-7-11-23(22)27)24(26(31)28-2)16-20-8-4-3-5-9-20/h3-15,24H,16-18H2,1-2H3,(H,28,31)/t24-/m1/s1. The van der Waals surface area contributed by atoms with E-state index in [0.29, 0.717) is 12.0 Å². The second-order valence-electron chi connectivity index (χ2n) is 7.60. The summed E-state index contributed by atoms with van der Waals surface area (Å²) in [5, 5.41) is 2.67. The number of nitrogens with one attached hydrogen (secondary N) is 1. The number of carbonyl (C=O) groups excluding carboxylic acids is 2. The molecule has 0 fully saturated rings. The molecule has 31 heavy (non-hydrogen) atoms.